The lowest BCUT2D eigenvalue weighted by atomic mass is 10.0. The van der Waals surface area contributed by atoms with Crippen LogP contribution in [0.15, 0.2) is 48.5 Å². The molecule has 0 atom stereocenters. The molecule has 0 aromatic heterocycles. The van der Waals surface area contributed by atoms with E-state index in [9.17, 15) is 8.78 Å². The Balaban J connectivity index is 2.05. The summed E-state index contributed by atoms with van der Waals surface area (Å²) in [4.78, 5) is 0. The monoisotopic (exact) mass is 484 g/mol. The molecular weight excluding hydrogens is 472 g/mol. The third kappa shape index (κ3) is 4.98. The number of rotatable bonds is 4. The maximum Gasteiger partial charge on any atom is 0.256 e. The molecule has 0 amide bonds. The molecule has 2 aromatic carbocycles. The van der Waals surface area contributed by atoms with E-state index in [2.05, 4.69) is 45.2 Å². The van der Waals surface area contributed by atoms with E-state index in [1.165, 1.54) is 0 Å². The minimum atomic E-state index is -2.71. The van der Waals surface area contributed by atoms with Crippen molar-refractivity contribution in [1.29, 1.82) is 0 Å². The maximum atomic E-state index is 14.0. The lowest BCUT2D eigenvalue weighted by molar-refractivity contribution is 0.00213. The van der Waals surface area contributed by atoms with Crippen molar-refractivity contribution in [2.24, 2.45) is 0 Å². The molecule has 0 bridgehead atoms. The molecule has 0 aliphatic rings. The standard InChI is InChI=1S/C15H12F2I2/c16-15(17,9-11-1-5-13(18)6-2-11)10-12-3-7-14(19)8-4-12/h1-8H,9-10H2. The summed E-state index contributed by atoms with van der Waals surface area (Å²) >= 11 is 4.33. The Morgan fingerprint density at radius 3 is 1.32 bits per heavy atom. The van der Waals surface area contributed by atoms with Crippen LogP contribution in [0.5, 0.6) is 0 Å². The summed E-state index contributed by atoms with van der Waals surface area (Å²) in [6, 6.07) is 14.5. The maximum absolute atomic E-state index is 14.0. The predicted molar refractivity (Wildman–Crippen MR) is 90.7 cm³/mol. The van der Waals surface area contributed by atoms with E-state index in [0.717, 1.165) is 7.14 Å². The van der Waals surface area contributed by atoms with E-state index in [0.29, 0.717) is 11.1 Å². The fourth-order valence-corrected chi connectivity index (χ4v) is 2.58. The summed E-state index contributed by atoms with van der Waals surface area (Å²) in [5.41, 5.74) is 1.35. The highest BCUT2D eigenvalue weighted by Crippen LogP contribution is 2.25. The molecule has 0 spiro atoms. The van der Waals surface area contributed by atoms with Crippen LogP contribution in [0.3, 0.4) is 0 Å². The Morgan fingerprint density at radius 2 is 1.00 bits per heavy atom. The molecule has 0 fully saturated rings. The van der Waals surface area contributed by atoms with Crippen LogP contribution in [0, 0.1) is 7.14 Å². The number of hydrogen-bond acceptors (Lipinski definition) is 0. The smallest absolute Gasteiger partial charge is 0.206 e. The van der Waals surface area contributed by atoms with Gasteiger partial charge in [0.15, 0.2) is 0 Å². The minimum absolute atomic E-state index is 0.212. The van der Waals surface area contributed by atoms with Crippen molar-refractivity contribution < 1.29 is 8.78 Å². The molecule has 0 saturated heterocycles. The third-order valence-corrected chi connectivity index (χ3v) is 4.19. The van der Waals surface area contributed by atoms with Gasteiger partial charge in [0.25, 0.3) is 5.92 Å². The first-order valence-electron chi connectivity index (χ1n) is 5.81. The zero-order chi connectivity index (χ0) is 13.9. The second-order valence-corrected chi connectivity index (χ2v) is 6.95. The average Bonchev–Trinajstić information content (AvgIpc) is 2.34. The Kier molecular flexibility index (Phi) is 5.16. The lowest BCUT2D eigenvalue weighted by Crippen LogP contribution is -2.22. The van der Waals surface area contributed by atoms with Gasteiger partial charge in [0.2, 0.25) is 0 Å². The first kappa shape index (κ1) is 15.2. The SMILES string of the molecule is FC(F)(Cc1ccc(I)cc1)Cc1ccc(I)cc1. The van der Waals surface area contributed by atoms with Crippen LogP contribution in [0.1, 0.15) is 11.1 Å². The van der Waals surface area contributed by atoms with E-state index in [1.54, 1.807) is 24.3 Å². The fourth-order valence-electron chi connectivity index (χ4n) is 1.86. The largest absolute Gasteiger partial charge is 0.256 e. The zero-order valence-corrected chi connectivity index (χ0v) is 14.4. The van der Waals surface area contributed by atoms with Crippen molar-refractivity contribution in [2.45, 2.75) is 18.8 Å². The highest BCUT2D eigenvalue weighted by Gasteiger charge is 2.29. The lowest BCUT2D eigenvalue weighted by Gasteiger charge is -2.16. The molecule has 0 unspecified atom stereocenters. The molecule has 2 rings (SSSR count). The van der Waals surface area contributed by atoms with Crippen molar-refractivity contribution in [2.75, 3.05) is 0 Å². The minimum Gasteiger partial charge on any atom is -0.206 e. The van der Waals surface area contributed by atoms with E-state index in [1.807, 2.05) is 24.3 Å². The second kappa shape index (κ2) is 6.47. The quantitative estimate of drug-likeness (QED) is 0.516. The van der Waals surface area contributed by atoms with Gasteiger partial charge in [-0.25, -0.2) is 8.78 Å². The Hall–Kier alpha value is -0.240. The van der Waals surface area contributed by atoms with Crippen LogP contribution in [0.25, 0.3) is 0 Å². The van der Waals surface area contributed by atoms with Gasteiger partial charge < -0.3 is 0 Å². The second-order valence-electron chi connectivity index (χ2n) is 4.46. The summed E-state index contributed by atoms with van der Waals surface area (Å²) in [5, 5.41) is 0. The van der Waals surface area contributed by atoms with Crippen LogP contribution in [-0.4, -0.2) is 5.92 Å². The van der Waals surface area contributed by atoms with Crippen LogP contribution in [0.4, 0.5) is 8.78 Å². The van der Waals surface area contributed by atoms with Gasteiger partial charge in [0.1, 0.15) is 0 Å². The molecule has 0 radical (unpaired) electrons. The number of benzene rings is 2. The molecular formula is C15H12F2I2. The van der Waals surface area contributed by atoms with Gasteiger partial charge in [0.05, 0.1) is 0 Å². The molecule has 0 aliphatic heterocycles. The van der Waals surface area contributed by atoms with Crippen LogP contribution < -0.4 is 0 Å². The number of hydrogen-bond donors (Lipinski definition) is 0. The van der Waals surface area contributed by atoms with Crippen LogP contribution >= 0.6 is 45.2 Å². The highest BCUT2D eigenvalue weighted by atomic mass is 127. The Labute approximate surface area is 138 Å². The third-order valence-electron chi connectivity index (χ3n) is 2.75. The van der Waals surface area contributed by atoms with Gasteiger partial charge in [-0.15, -0.1) is 0 Å². The molecule has 2 aromatic rings. The van der Waals surface area contributed by atoms with E-state index in [-0.39, 0.29) is 12.8 Å². The molecule has 19 heavy (non-hydrogen) atoms. The van der Waals surface area contributed by atoms with E-state index >= 15 is 0 Å². The summed E-state index contributed by atoms with van der Waals surface area (Å²) in [7, 11) is 0. The van der Waals surface area contributed by atoms with Gasteiger partial charge in [-0.05, 0) is 80.6 Å². The van der Waals surface area contributed by atoms with Crippen LogP contribution in [-0.2, 0) is 12.8 Å². The highest BCUT2D eigenvalue weighted by molar-refractivity contribution is 14.1. The fraction of sp³-hybridized carbons (Fsp3) is 0.200. The zero-order valence-electron chi connectivity index (χ0n) is 10.0. The van der Waals surface area contributed by atoms with Gasteiger partial charge in [-0.1, -0.05) is 24.3 Å². The van der Waals surface area contributed by atoms with Gasteiger partial charge >= 0.3 is 0 Å². The predicted octanol–water partition coefficient (Wildman–Crippen LogP) is 5.32. The van der Waals surface area contributed by atoms with Crippen molar-refractivity contribution in [3.8, 4) is 0 Å². The molecule has 0 saturated carbocycles. The molecule has 100 valence electrons. The average molecular weight is 484 g/mol. The van der Waals surface area contributed by atoms with Crippen molar-refractivity contribution in [1.82, 2.24) is 0 Å². The number of halogens is 4. The van der Waals surface area contributed by atoms with E-state index < -0.39 is 5.92 Å². The summed E-state index contributed by atoms with van der Waals surface area (Å²) in [6.07, 6.45) is -0.425. The summed E-state index contributed by atoms with van der Waals surface area (Å²) in [5.74, 6) is -2.71. The van der Waals surface area contributed by atoms with Gasteiger partial charge in [-0.2, -0.15) is 0 Å². The Bertz CT molecular complexity index is 484. The van der Waals surface area contributed by atoms with Crippen molar-refractivity contribution in [3.63, 3.8) is 0 Å². The summed E-state index contributed by atoms with van der Waals surface area (Å²) in [6.45, 7) is 0. The normalized spacial score (nSPS) is 11.6. The molecule has 0 nitrogen and oxygen atoms in total. The van der Waals surface area contributed by atoms with Crippen molar-refractivity contribution in [3.05, 3.63) is 66.8 Å². The molecule has 0 N–H and O–H groups in total. The Morgan fingerprint density at radius 1 is 0.684 bits per heavy atom. The molecule has 0 aliphatic carbocycles. The summed E-state index contributed by atoms with van der Waals surface area (Å²) < 4.78 is 30.1. The topological polar surface area (TPSA) is 0 Å². The van der Waals surface area contributed by atoms with Crippen molar-refractivity contribution >= 4 is 45.2 Å². The number of alkyl halides is 2. The first-order chi connectivity index (χ1) is 8.94. The molecule has 0 heterocycles. The first-order valence-corrected chi connectivity index (χ1v) is 7.97. The van der Waals surface area contributed by atoms with Gasteiger partial charge in [-0.3, -0.25) is 0 Å². The van der Waals surface area contributed by atoms with Gasteiger partial charge in [0, 0.05) is 20.0 Å². The molecule has 4 heteroatoms. The van der Waals surface area contributed by atoms with Crippen LogP contribution in [0.2, 0.25) is 0 Å². The van der Waals surface area contributed by atoms with E-state index in [4.69, 9.17) is 0 Å².